The first-order valence-corrected chi connectivity index (χ1v) is 4.07. The van der Waals surface area contributed by atoms with Crippen LogP contribution in [0.5, 0.6) is 0 Å². The zero-order valence-corrected chi connectivity index (χ0v) is 7.72. The van der Waals surface area contributed by atoms with E-state index in [4.69, 9.17) is 0 Å². The number of allylic oxidation sites excluding steroid dienone is 4. The molecule has 0 radical (unpaired) electrons. The molecule has 0 bridgehead atoms. The van der Waals surface area contributed by atoms with Gasteiger partial charge in [-0.05, 0) is 13.8 Å². The van der Waals surface area contributed by atoms with Gasteiger partial charge in [0, 0.05) is 0 Å². The van der Waals surface area contributed by atoms with E-state index in [-0.39, 0.29) is 0 Å². The van der Waals surface area contributed by atoms with Gasteiger partial charge < -0.3 is 0 Å². The fraction of sp³-hybridized carbons (Fsp3) is 0.600. The maximum atomic E-state index is 2.18. The van der Waals surface area contributed by atoms with Gasteiger partial charge >= 0.3 is 0 Å². The van der Waals surface area contributed by atoms with Crippen LogP contribution in [0.4, 0.5) is 0 Å². The summed E-state index contributed by atoms with van der Waals surface area (Å²) in [5.74, 6) is 0. The lowest BCUT2D eigenvalue weighted by atomic mass is 10.4. The van der Waals surface area contributed by atoms with Crippen LogP contribution < -0.4 is 0 Å². The van der Waals surface area contributed by atoms with Crippen LogP contribution in [-0.2, 0) is 0 Å². The van der Waals surface area contributed by atoms with E-state index in [0.29, 0.717) is 0 Å². The van der Waals surface area contributed by atoms with Gasteiger partial charge in [0.25, 0.3) is 0 Å². The molecule has 0 aliphatic heterocycles. The molecule has 0 heterocycles. The molecule has 0 aromatic carbocycles. The Labute approximate surface area is 65.7 Å². The highest BCUT2D eigenvalue weighted by molar-refractivity contribution is 4.98. The van der Waals surface area contributed by atoms with Crippen molar-refractivity contribution in [3.8, 4) is 0 Å². The lowest BCUT2D eigenvalue weighted by molar-refractivity contribution is 0.886. The maximum absolute atomic E-state index is 2.18. The van der Waals surface area contributed by atoms with Crippen molar-refractivity contribution in [2.24, 2.45) is 0 Å². The molecule has 0 saturated heterocycles. The van der Waals surface area contributed by atoms with Crippen molar-refractivity contribution < 1.29 is 0 Å². The normalized spacial score (nSPS) is 10.0. The summed E-state index contributed by atoms with van der Waals surface area (Å²) in [6.45, 7) is 8.36. The Balaban J connectivity index is 0. The minimum atomic E-state index is 1.32. The molecule has 0 aromatic rings. The molecule has 0 amide bonds. The van der Waals surface area contributed by atoms with E-state index in [1.807, 2.05) is 38.2 Å². The monoisotopic (exact) mass is 140 g/mol. The summed E-state index contributed by atoms with van der Waals surface area (Å²) in [7, 11) is 0. The lowest BCUT2D eigenvalue weighted by Crippen LogP contribution is -1.47. The zero-order chi connectivity index (χ0) is 8.24. The van der Waals surface area contributed by atoms with Crippen LogP contribution in [0.2, 0.25) is 0 Å². The first-order valence-electron chi connectivity index (χ1n) is 4.07. The second kappa shape index (κ2) is 15.8. The summed E-state index contributed by atoms with van der Waals surface area (Å²) in [4.78, 5) is 0. The Morgan fingerprint density at radius 2 is 1.10 bits per heavy atom. The van der Waals surface area contributed by atoms with Crippen LogP contribution in [-0.4, -0.2) is 0 Å². The maximum Gasteiger partial charge on any atom is -0.0467 e. The second-order valence-electron chi connectivity index (χ2n) is 2.05. The Morgan fingerprint density at radius 1 is 0.800 bits per heavy atom. The molecule has 0 aromatic heterocycles. The zero-order valence-electron chi connectivity index (χ0n) is 7.72. The molecule has 0 heteroatoms. The molecule has 0 saturated carbocycles. The average Bonchev–Trinajstić information content (AvgIpc) is 2.01. The van der Waals surface area contributed by atoms with Crippen molar-refractivity contribution in [3.05, 3.63) is 24.3 Å². The molecule has 0 rings (SSSR count). The van der Waals surface area contributed by atoms with E-state index >= 15 is 0 Å². The molecule has 0 aliphatic carbocycles. The molecule has 0 atom stereocenters. The number of rotatable bonds is 2. The van der Waals surface area contributed by atoms with Gasteiger partial charge in [-0.25, -0.2) is 0 Å². The summed E-state index contributed by atoms with van der Waals surface area (Å²) >= 11 is 0. The molecule has 0 fully saturated rings. The molecule has 10 heavy (non-hydrogen) atoms. The smallest absolute Gasteiger partial charge is 0.0467 e. The van der Waals surface area contributed by atoms with E-state index in [2.05, 4.69) is 13.8 Å². The Bertz CT molecular complexity index is 66.0. The Hall–Kier alpha value is -0.520. The fourth-order valence-electron chi connectivity index (χ4n) is 0.222. The van der Waals surface area contributed by atoms with Gasteiger partial charge in [-0.3, -0.25) is 0 Å². The van der Waals surface area contributed by atoms with E-state index < -0.39 is 0 Å². The van der Waals surface area contributed by atoms with E-state index in [9.17, 15) is 0 Å². The van der Waals surface area contributed by atoms with Gasteiger partial charge in [-0.15, -0.1) is 0 Å². The van der Waals surface area contributed by atoms with Crippen molar-refractivity contribution in [3.63, 3.8) is 0 Å². The van der Waals surface area contributed by atoms with E-state index in [0.717, 1.165) is 0 Å². The third-order valence-electron chi connectivity index (χ3n) is 0.996. The summed E-state index contributed by atoms with van der Waals surface area (Å²) in [5.41, 5.74) is 0. The Kier molecular flexibility index (Phi) is 19.3. The van der Waals surface area contributed by atoms with Gasteiger partial charge in [-0.1, -0.05) is 51.0 Å². The standard InChI is InChI=1S/C6H10.C4H10/c1-3-5-6-4-2;1-3-4-2/h3-6H,1-2H3;3-4H2,1-2H3/b5-3-,6-4-;. The first-order chi connectivity index (χ1) is 4.83. The van der Waals surface area contributed by atoms with Crippen LogP contribution >= 0.6 is 0 Å². The van der Waals surface area contributed by atoms with E-state index in [1.165, 1.54) is 12.8 Å². The lowest BCUT2D eigenvalue weighted by Gasteiger charge is -1.68. The first kappa shape index (κ1) is 12.2. The van der Waals surface area contributed by atoms with Crippen molar-refractivity contribution in [1.82, 2.24) is 0 Å². The third kappa shape index (κ3) is 25.9. The van der Waals surface area contributed by atoms with Crippen molar-refractivity contribution >= 4 is 0 Å². The SMILES string of the molecule is C/C=C\C=C/C.CCCC. The van der Waals surface area contributed by atoms with Crippen LogP contribution in [0.15, 0.2) is 24.3 Å². The molecule has 0 N–H and O–H groups in total. The number of unbranched alkanes of at least 4 members (excludes halogenated alkanes) is 1. The predicted octanol–water partition coefficient (Wildman–Crippen LogP) is 3.95. The van der Waals surface area contributed by atoms with Crippen molar-refractivity contribution in [2.75, 3.05) is 0 Å². The third-order valence-corrected chi connectivity index (χ3v) is 0.996. The summed E-state index contributed by atoms with van der Waals surface area (Å²) in [5, 5.41) is 0. The van der Waals surface area contributed by atoms with Crippen LogP contribution in [0.25, 0.3) is 0 Å². The van der Waals surface area contributed by atoms with Crippen molar-refractivity contribution in [2.45, 2.75) is 40.5 Å². The molecule has 0 unspecified atom stereocenters. The molecule has 0 aliphatic rings. The minimum absolute atomic E-state index is 1.32. The van der Waals surface area contributed by atoms with Crippen LogP contribution in [0, 0.1) is 0 Å². The average molecular weight is 140 g/mol. The fourth-order valence-corrected chi connectivity index (χ4v) is 0.222. The van der Waals surface area contributed by atoms with Crippen molar-refractivity contribution in [1.29, 1.82) is 0 Å². The molecular weight excluding hydrogens is 120 g/mol. The topological polar surface area (TPSA) is 0 Å². The largest absolute Gasteiger partial charge is 0.0877 e. The second-order valence-corrected chi connectivity index (χ2v) is 2.05. The highest BCUT2D eigenvalue weighted by atomic mass is 13.6. The highest BCUT2D eigenvalue weighted by Gasteiger charge is 1.56. The summed E-state index contributed by atoms with van der Waals surface area (Å²) in [6.07, 6.45) is 10.6. The van der Waals surface area contributed by atoms with Crippen LogP contribution in [0.3, 0.4) is 0 Å². The summed E-state index contributed by atoms with van der Waals surface area (Å²) < 4.78 is 0. The van der Waals surface area contributed by atoms with Crippen LogP contribution in [0.1, 0.15) is 40.5 Å². The van der Waals surface area contributed by atoms with Gasteiger partial charge in [0.15, 0.2) is 0 Å². The van der Waals surface area contributed by atoms with Gasteiger partial charge in [-0.2, -0.15) is 0 Å². The number of hydrogen-bond acceptors (Lipinski definition) is 0. The quantitative estimate of drug-likeness (QED) is 0.509. The van der Waals surface area contributed by atoms with E-state index in [1.54, 1.807) is 0 Å². The number of hydrogen-bond donors (Lipinski definition) is 0. The molecule has 0 nitrogen and oxygen atoms in total. The van der Waals surface area contributed by atoms with Gasteiger partial charge in [0.2, 0.25) is 0 Å². The molecular formula is C10H20. The highest BCUT2D eigenvalue weighted by Crippen LogP contribution is 1.76. The minimum Gasteiger partial charge on any atom is -0.0877 e. The molecule has 60 valence electrons. The molecule has 0 spiro atoms. The van der Waals surface area contributed by atoms with Gasteiger partial charge in [0.1, 0.15) is 0 Å². The summed E-state index contributed by atoms with van der Waals surface area (Å²) in [6, 6.07) is 0. The predicted molar refractivity (Wildman–Crippen MR) is 50.2 cm³/mol. The Morgan fingerprint density at radius 3 is 1.20 bits per heavy atom. The van der Waals surface area contributed by atoms with Gasteiger partial charge in [0.05, 0.1) is 0 Å².